The van der Waals surface area contributed by atoms with Crippen LogP contribution in [0.3, 0.4) is 0 Å². The van der Waals surface area contributed by atoms with Crippen LogP contribution in [0.25, 0.3) is 0 Å². The van der Waals surface area contributed by atoms with Gasteiger partial charge in [0.05, 0.1) is 9.82 Å². The molecule has 0 atom stereocenters. The van der Waals surface area contributed by atoms with Gasteiger partial charge in [0.15, 0.2) is 0 Å². The van der Waals surface area contributed by atoms with Crippen molar-refractivity contribution in [2.75, 3.05) is 26.2 Å². The van der Waals surface area contributed by atoms with Crippen LogP contribution in [-0.4, -0.2) is 48.7 Å². The number of non-ortho nitro benzene ring substituents is 1. The summed E-state index contributed by atoms with van der Waals surface area (Å²) in [6, 6.07) is 8.30. The van der Waals surface area contributed by atoms with Crippen LogP contribution in [0.5, 0.6) is 0 Å². The van der Waals surface area contributed by atoms with Crippen molar-refractivity contribution in [1.29, 1.82) is 0 Å². The Bertz CT molecular complexity index is 988. The number of nitro benzene ring substituents is 1. The standard InChI is InChI=1S/C18H19ClFN3O4S/c1-13-5-6-14(23(24)25)11-18(13)28(26,27)22-9-7-21(8-10-22)12-15-16(19)3-2-4-17(15)20/h2-6,11H,7-10,12H2,1H3. The van der Waals surface area contributed by atoms with Crippen molar-refractivity contribution in [1.82, 2.24) is 9.21 Å². The smallest absolute Gasteiger partial charge is 0.270 e. The summed E-state index contributed by atoms with van der Waals surface area (Å²) >= 11 is 6.06. The number of piperazine rings is 1. The minimum atomic E-state index is -3.86. The Labute approximate surface area is 167 Å². The number of aryl methyl sites for hydroxylation is 1. The van der Waals surface area contributed by atoms with E-state index in [0.29, 0.717) is 29.2 Å². The molecule has 150 valence electrons. The lowest BCUT2D eigenvalue weighted by Gasteiger charge is -2.34. The van der Waals surface area contributed by atoms with Crippen molar-refractivity contribution >= 4 is 27.3 Å². The lowest BCUT2D eigenvalue weighted by Crippen LogP contribution is -2.48. The van der Waals surface area contributed by atoms with Gasteiger partial charge in [0, 0.05) is 55.4 Å². The van der Waals surface area contributed by atoms with E-state index in [1.807, 2.05) is 4.90 Å². The van der Waals surface area contributed by atoms with Gasteiger partial charge in [-0.2, -0.15) is 4.31 Å². The van der Waals surface area contributed by atoms with E-state index in [4.69, 9.17) is 11.6 Å². The number of rotatable bonds is 5. The predicted octanol–water partition coefficient (Wildman–Crippen LogP) is 3.20. The normalized spacial score (nSPS) is 16.2. The predicted molar refractivity (Wildman–Crippen MR) is 103 cm³/mol. The molecule has 1 aliphatic heterocycles. The van der Waals surface area contributed by atoms with Crippen LogP contribution < -0.4 is 0 Å². The van der Waals surface area contributed by atoms with E-state index in [1.54, 1.807) is 13.0 Å². The molecule has 0 amide bonds. The van der Waals surface area contributed by atoms with Gasteiger partial charge < -0.3 is 0 Å². The molecule has 0 aliphatic carbocycles. The molecule has 7 nitrogen and oxygen atoms in total. The molecule has 1 saturated heterocycles. The van der Waals surface area contributed by atoms with Crippen LogP contribution in [0.4, 0.5) is 10.1 Å². The first-order chi connectivity index (χ1) is 13.2. The largest absolute Gasteiger partial charge is 0.296 e. The molecule has 0 radical (unpaired) electrons. The summed E-state index contributed by atoms with van der Waals surface area (Å²) in [4.78, 5) is 12.2. The van der Waals surface area contributed by atoms with Gasteiger partial charge in [-0.3, -0.25) is 15.0 Å². The third kappa shape index (κ3) is 4.17. The van der Waals surface area contributed by atoms with Crippen molar-refractivity contribution in [2.24, 2.45) is 0 Å². The highest BCUT2D eigenvalue weighted by molar-refractivity contribution is 7.89. The maximum absolute atomic E-state index is 14.0. The molecular formula is C18H19ClFN3O4S. The SMILES string of the molecule is Cc1ccc([N+](=O)[O-])cc1S(=O)(=O)N1CCN(Cc2c(F)cccc2Cl)CC1. The summed E-state index contributed by atoms with van der Waals surface area (Å²) in [7, 11) is -3.86. The number of hydrogen-bond acceptors (Lipinski definition) is 5. The summed E-state index contributed by atoms with van der Waals surface area (Å²) in [5.74, 6) is -0.394. The molecule has 28 heavy (non-hydrogen) atoms. The quantitative estimate of drug-likeness (QED) is 0.540. The molecule has 2 aromatic carbocycles. The first-order valence-corrected chi connectivity index (χ1v) is 10.4. The molecule has 0 aromatic heterocycles. The van der Waals surface area contributed by atoms with Crippen LogP contribution in [0.15, 0.2) is 41.3 Å². The summed E-state index contributed by atoms with van der Waals surface area (Å²) < 4.78 is 41.2. The van der Waals surface area contributed by atoms with Crippen molar-refractivity contribution in [2.45, 2.75) is 18.4 Å². The molecular weight excluding hydrogens is 409 g/mol. The monoisotopic (exact) mass is 427 g/mol. The second-order valence-electron chi connectivity index (χ2n) is 6.59. The zero-order valence-electron chi connectivity index (χ0n) is 15.1. The fraction of sp³-hybridized carbons (Fsp3) is 0.333. The maximum atomic E-state index is 14.0. The first-order valence-electron chi connectivity index (χ1n) is 8.60. The summed E-state index contributed by atoms with van der Waals surface area (Å²) in [6.07, 6.45) is 0. The highest BCUT2D eigenvalue weighted by atomic mass is 35.5. The van der Waals surface area contributed by atoms with E-state index in [2.05, 4.69) is 0 Å². The molecule has 10 heteroatoms. The average molecular weight is 428 g/mol. The number of halogens is 2. The van der Waals surface area contributed by atoms with Gasteiger partial charge in [0.2, 0.25) is 10.0 Å². The fourth-order valence-corrected chi connectivity index (χ4v) is 5.04. The minimum absolute atomic E-state index is 0.0627. The number of benzene rings is 2. The van der Waals surface area contributed by atoms with Crippen LogP contribution in [0.2, 0.25) is 5.02 Å². The number of hydrogen-bond donors (Lipinski definition) is 0. The third-order valence-electron chi connectivity index (χ3n) is 4.78. The van der Waals surface area contributed by atoms with Crippen molar-refractivity contribution in [3.8, 4) is 0 Å². The van der Waals surface area contributed by atoms with E-state index in [9.17, 15) is 22.9 Å². The first kappa shape index (κ1) is 20.7. The number of nitro groups is 1. The Balaban J connectivity index is 1.74. The summed E-state index contributed by atoms with van der Waals surface area (Å²) in [5.41, 5.74) is 0.568. The van der Waals surface area contributed by atoms with Crippen LogP contribution in [-0.2, 0) is 16.6 Å². The Hall–Kier alpha value is -2.07. The molecule has 3 rings (SSSR count). The topological polar surface area (TPSA) is 83.8 Å². The van der Waals surface area contributed by atoms with Crippen molar-refractivity contribution in [3.63, 3.8) is 0 Å². The zero-order chi connectivity index (χ0) is 20.5. The van der Waals surface area contributed by atoms with Crippen LogP contribution in [0.1, 0.15) is 11.1 Å². The van der Waals surface area contributed by atoms with Gasteiger partial charge in [-0.1, -0.05) is 23.7 Å². The summed E-state index contributed by atoms with van der Waals surface area (Å²) in [6.45, 7) is 3.10. The Morgan fingerprint density at radius 2 is 1.86 bits per heavy atom. The highest BCUT2D eigenvalue weighted by Crippen LogP contribution is 2.26. The molecule has 2 aromatic rings. The lowest BCUT2D eigenvalue weighted by atomic mass is 10.2. The molecule has 1 heterocycles. The molecule has 1 fully saturated rings. The van der Waals surface area contributed by atoms with Gasteiger partial charge in [0.1, 0.15) is 5.82 Å². The van der Waals surface area contributed by atoms with E-state index in [1.165, 1.54) is 28.6 Å². The van der Waals surface area contributed by atoms with Gasteiger partial charge in [-0.25, -0.2) is 12.8 Å². The lowest BCUT2D eigenvalue weighted by molar-refractivity contribution is -0.385. The molecule has 0 saturated carbocycles. The van der Waals surface area contributed by atoms with E-state index in [0.717, 1.165) is 6.07 Å². The Morgan fingerprint density at radius 1 is 1.18 bits per heavy atom. The summed E-state index contributed by atoms with van der Waals surface area (Å²) in [5, 5.41) is 11.3. The molecule has 1 aliphatic rings. The molecule has 0 N–H and O–H groups in total. The minimum Gasteiger partial charge on any atom is -0.296 e. The van der Waals surface area contributed by atoms with Crippen LogP contribution >= 0.6 is 11.6 Å². The molecule has 0 spiro atoms. The second kappa shape index (κ2) is 8.12. The van der Waals surface area contributed by atoms with Crippen molar-refractivity contribution < 1.29 is 17.7 Å². The Kier molecular flexibility index (Phi) is 5.99. The number of nitrogens with zero attached hydrogens (tertiary/aromatic N) is 3. The molecule has 0 bridgehead atoms. The van der Waals surface area contributed by atoms with E-state index in [-0.39, 0.29) is 30.2 Å². The van der Waals surface area contributed by atoms with Gasteiger partial charge >= 0.3 is 0 Å². The number of sulfonamides is 1. The Morgan fingerprint density at radius 3 is 2.46 bits per heavy atom. The highest BCUT2D eigenvalue weighted by Gasteiger charge is 2.31. The van der Waals surface area contributed by atoms with E-state index < -0.39 is 20.8 Å². The fourth-order valence-electron chi connectivity index (χ4n) is 3.15. The maximum Gasteiger partial charge on any atom is 0.270 e. The van der Waals surface area contributed by atoms with Gasteiger partial charge in [-0.05, 0) is 24.6 Å². The zero-order valence-corrected chi connectivity index (χ0v) is 16.7. The molecule has 0 unspecified atom stereocenters. The van der Waals surface area contributed by atoms with Gasteiger partial charge in [0.25, 0.3) is 5.69 Å². The van der Waals surface area contributed by atoms with Crippen molar-refractivity contribution in [3.05, 3.63) is 68.5 Å². The van der Waals surface area contributed by atoms with Crippen LogP contribution in [0, 0.1) is 22.9 Å². The third-order valence-corrected chi connectivity index (χ3v) is 7.17. The van der Waals surface area contributed by atoms with Gasteiger partial charge in [-0.15, -0.1) is 0 Å². The van der Waals surface area contributed by atoms with E-state index >= 15 is 0 Å². The second-order valence-corrected chi connectivity index (χ2v) is 8.90. The average Bonchev–Trinajstić information content (AvgIpc) is 2.65.